The lowest BCUT2D eigenvalue weighted by Crippen LogP contribution is -2.24. The van der Waals surface area contributed by atoms with Gasteiger partial charge in [-0.2, -0.15) is 0 Å². The van der Waals surface area contributed by atoms with Gasteiger partial charge in [-0.25, -0.2) is 0 Å². The molecule has 0 radical (unpaired) electrons. The maximum Gasteiger partial charge on any atom is 0.139 e. The van der Waals surface area contributed by atoms with Crippen molar-refractivity contribution < 1.29 is 13.3 Å². The highest BCUT2D eigenvalue weighted by molar-refractivity contribution is 6.34. The summed E-state index contributed by atoms with van der Waals surface area (Å²) >= 11 is 0. The van der Waals surface area contributed by atoms with E-state index in [2.05, 4.69) is 477 Å². The SMILES string of the molecule is CC1(C)c2ccccc2-c2ccc(-c3cccc(-c4c5ccccc5c(-c5ccc(CC6(C)c7ccccc7-c7cc(-c8c9ccccc9c(-c9ccc(CC%10(C)c%11ccccc%11-c%11cc(-c%12c%13ccccc%13c(-c%13cccc%14oc%15ccc%16ccccc%16c%15c%13%14)c%13ccccc%12%13)ccc%11%10)c%10oc%11ccc%12ccccc%12c%11c9%10)c9ccccc89)ccc76)c6oc7ccc8ccccc8c7c56)c5ccccc45)c3)cc21. The minimum absolute atomic E-state index is 0.113. The molecule has 3 aliphatic rings. The molecule has 3 aromatic heterocycles. The summed E-state index contributed by atoms with van der Waals surface area (Å²) in [5.74, 6) is 0. The lowest BCUT2D eigenvalue weighted by atomic mass is 9.74. The van der Waals surface area contributed by atoms with E-state index in [1.165, 1.54) is 236 Å². The summed E-state index contributed by atoms with van der Waals surface area (Å²) in [5, 5.41) is 28.3. The highest BCUT2D eigenvalue weighted by Gasteiger charge is 2.44. The van der Waals surface area contributed by atoms with Crippen LogP contribution in [0.4, 0.5) is 0 Å². The molecule has 25 aromatic carbocycles. The molecule has 0 fully saturated rings. The van der Waals surface area contributed by atoms with E-state index >= 15 is 0 Å². The largest absolute Gasteiger partial charge is 0.456 e. The Morgan fingerprint density at radius 1 is 0.167 bits per heavy atom. The van der Waals surface area contributed by atoms with E-state index in [-0.39, 0.29) is 5.41 Å². The maximum absolute atomic E-state index is 7.62. The number of hydrogen-bond donors (Lipinski definition) is 0. The molecule has 0 amide bonds. The Hall–Kier alpha value is -17.8. The summed E-state index contributed by atoms with van der Waals surface area (Å²) in [4.78, 5) is 0. The smallest absolute Gasteiger partial charge is 0.139 e. The Labute approximate surface area is 831 Å². The van der Waals surface area contributed by atoms with Crippen molar-refractivity contribution in [3.63, 3.8) is 0 Å². The highest BCUT2D eigenvalue weighted by atomic mass is 16.3. The van der Waals surface area contributed by atoms with Crippen molar-refractivity contribution in [3.05, 3.63) is 493 Å². The molecule has 3 heterocycles. The number of furan rings is 3. The Morgan fingerprint density at radius 2 is 0.451 bits per heavy atom. The van der Waals surface area contributed by atoms with Crippen molar-refractivity contribution in [1.29, 1.82) is 0 Å². The molecule has 2 atom stereocenters. The quantitative estimate of drug-likeness (QED) is 0.121. The summed E-state index contributed by atoms with van der Waals surface area (Å²) in [5.41, 5.74) is 39.1. The number of fused-ring (bicyclic) bond motifs is 30. The second kappa shape index (κ2) is 30.1. The third kappa shape index (κ3) is 11.3. The fourth-order valence-electron chi connectivity index (χ4n) is 27.4. The third-order valence-electron chi connectivity index (χ3n) is 33.8. The molecule has 3 aliphatic carbocycles. The Morgan fingerprint density at radius 3 is 0.875 bits per heavy atom. The van der Waals surface area contributed by atoms with E-state index in [9.17, 15) is 0 Å². The van der Waals surface area contributed by atoms with Crippen molar-refractivity contribution in [2.75, 3.05) is 0 Å². The summed E-state index contributed by atoms with van der Waals surface area (Å²) in [7, 11) is 0. The van der Waals surface area contributed by atoms with Crippen LogP contribution in [0.1, 0.15) is 72.2 Å². The van der Waals surface area contributed by atoms with Crippen LogP contribution < -0.4 is 0 Å². The molecule has 0 saturated heterocycles. The van der Waals surface area contributed by atoms with Gasteiger partial charge in [0.1, 0.15) is 33.5 Å². The summed E-state index contributed by atoms with van der Waals surface area (Å²) in [6.45, 7) is 9.71. The van der Waals surface area contributed by atoms with Crippen molar-refractivity contribution >= 4 is 163 Å². The van der Waals surface area contributed by atoms with Crippen molar-refractivity contribution in [3.8, 4) is 111 Å². The minimum Gasteiger partial charge on any atom is -0.456 e. The van der Waals surface area contributed by atoms with Crippen LogP contribution in [0.15, 0.2) is 462 Å². The van der Waals surface area contributed by atoms with Crippen LogP contribution in [-0.2, 0) is 29.1 Å². The van der Waals surface area contributed by atoms with Crippen LogP contribution in [-0.4, -0.2) is 0 Å². The van der Waals surface area contributed by atoms with Gasteiger partial charge in [0.05, 0.1) is 0 Å². The molecule has 0 bridgehead atoms. The summed E-state index contributed by atoms with van der Waals surface area (Å²) < 4.78 is 22.0. The second-order valence-electron chi connectivity index (χ2n) is 41.6. The molecular formula is C141H90O3. The van der Waals surface area contributed by atoms with Crippen LogP contribution in [0, 0.1) is 0 Å². The third-order valence-corrected chi connectivity index (χ3v) is 33.8. The molecule has 0 saturated carbocycles. The maximum atomic E-state index is 7.62. The first-order valence-electron chi connectivity index (χ1n) is 50.7. The van der Waals surface area contributed by atoms with Crippen molar-refractivity contribution in [1.82, 2.24) is 0 Å². The van der Waals surface area contributed by atoms with Crippen LogP contribution in [0.25, 0.3) is 274 Å². The van der Waals surface area contributed by atoms with Gasteiger partial charge in [-0.1, -0.05) is 428 Å². The standard InChI is InChI=1S/C141H90O3/c1-139(2)115-55-26-23-39-94(115)97-67-59-85(78-120(97)139)84-34-29-35-86(75-84)125-98-42-11-19-50-106(98)129(107-51-20-12-43-99(107)125)111-68-60-89(137-135(111)132-92-37-9-6-32-82(92)65-73-123(132)143-137)79-141(4)117-57-28-25-41-96(117)114-77-88(63-71-119(114)141)127-102-46-15-21-52-108(102)130(109-53-22-16-47-103(109)127)112-69-61-90(138-136(112)133-93-38-10-7-33-83(93)66-74-124(133)144-138)80-140(3)116-56-27-24-40-95(116)113-76-87(62-70-118(113)140)126-100-44-13-17-48-104(100)128(105-49-18-14-45-101(105)126)110-54-30-58-121-134(110)131-91-36-8-5-31-81(91)64-72-122(131)142-121/h5-78H,79-80H2,1-4H3. The Kier molecular flexibility index (Phi) is 17.0. The molecule has 672 valence electrons. The minimum atomic E-state index is -0.475. The fraction of sp³-hybridized carbons (Fsp3) is 0.0638. The Balaban J connectivity index is 0.529. The zero-order valence-electron chi connectivity index (χ0n) is 79.9. The van der Waals surface area contributed by atoms with Gasteiger partial charge in [0.25, 0.3) is 0 Å². The summed E-state index contributed by atoms with van der Waals surface area (Å²) in [6, 6.07) is 169. The van der Waals surface area contributed by atoms with Gasteiger partial charge in [-0.05, 0) is 314 Å². The first kappa shape index (κ1) is 81.1. The van der Waals surface area contributed by atoms with Crippen LogP contribution in [0.3, 0.4) is 0 Å². The second-order valence-corrected chi connectivity index (χ2v) is 41.6. The van der Waals surface area contributed by atoms with Crippen molar-refractivity contribution in [2.24, 2.45) is 0 Å². The lowest BCUT2D eigenvalue weighted by molar-refractivity contribution is 0.575. The number of benzene rings is 25. The molecule has 0 spiro atoms. The molecule has 144 heavy (non-hydrogen) atoms. The number of rotatable bonds is 11. The monoisotopic (exact) mass is 1830 g/mol. The van der Waals surface area contributed by atoms with Gasteiger partial charge in [0, 0.05) is 48.6 Å². The molecule has 2 unspecified atom stereocenters. The molecule has 0 aliphatic heterocycles. The van der Waals surface area contributed by atoms with E-state index in [0.717, 1.165) is 82.5 Å². The van der Waals surface area contributed by atoms with Gasteiger partial charge in [0.2, 0.25) is 0 Å². The molecule has 3 heteroatoms. The molecule has 3 nitrogen and oxygen atoms in total. The Bertz CT molecular complexity index is 10400. The van der Waals surface area contributed by atoms with E-state index in [1.807, 2.05) is 0 Å². The zero-order chi connectivity index (χ0) is 94.8. The van der Waals surface area contributed by atoms with E-state index in [1.54, 1.807) is 0 Å². The first-order chi connectivity index (χ1) is 70.9. The molecule has 28 aromatic rings. The average molecular weight is 1830 g/mol. The van der Waals surface area contributed by atoms with Gasteiger partial charge < -0.3 is 13.3 Å². The van der Waals surface area contributed by atoms with Crippen LogP contribution >= 0.6 is 0 Å². The van der Waals surface area contributed by atoms with Gasteiger partial charge in [0.15, 0.2) is 0 Å². The predicted octanol–water partition coefficient (Wildman–Crippen LogP) is 38.8. The molecule has 31 rings (SSSR count). The zero-order valence-corrected chi connectivity index (χ0v) is 79.9. The van der Waals surface area contributed by atoms with Crippen LogP contribution in [0.5, 0.6) is 0 Å². The normalized spacial score (nSPS) is 15.1. The first-order valence-corrected chi connectivity index (χ1v) is 50.7. The van der Waals surface area contributed by atoms with E-state index in [4.69, 9.17) is 13.3 Å². The van der Waals surface area contributed by atoms with Gasteiger partial charge in [-0.3, -0.25) is 0 Å². The van der Waals surface area contributed by atoms with Crippen molar-refractivity contribution in [2.45, 2.75) is 56.8 Å². The van der Waals surface area contributed by atoms with E-state index < -0.39 is 10.8 Å². The molecular weight excluding hydrogens is 1740 g/mol. The molecule has 0 N–H and O–H groups in total. The van der Waals surface area contributed by atoms with E-state index in [0.29, 0.717) is 12.8 Å². The van der Waals surface area contributed by atoms with Gasteiger partial charge in [-0.15, -0.1) is 0 Å². The van der Waals surface area contributed by atoms with Gasteiger partial charge >= 0.3 is 0 Å². The summed E-state index contributed by atoms with van der Waals surface area (Å²) in [6.07, 6.45) is 1.39. The average Bonchev–Trinajstić information content (AvgIpc) is 1.52. The van der Waals surface area contributed by atoms with Crippen LogP contribution in [0.2, 0.25) is 0 Å². The highest BCUT2D eigenvalue weighted by Crippen LogP contribution is 2.61. The number of hydrogen-bond acceptors (Lipinski definition) is 3. The topological polar surface area (TPSA) is 39.4 Å². The fourth-order valence-corrected chi connectivity index (χ4v) is 27.4. The lowest BCUT2D eigenvalue weighted by Gasteiger charge is -2.28. The predicted molar refractivity (Wildman–Crippen MR) is 606 cm³/mol.